The van der Waals surface area contributed by atoms with E-state index in [1.54, 1.807) is 6.07 Å². The first-order chi connectivity index (χ1) is 12.1. The number of rotatable bonds is 8. The van der Waals surface area contributed by atoms with E-state index in [9.17, 15) is 9.18 Å². The van der Waals surface area contributed by atoms with E-state index in [-0.39, 0.29) is 18.0 Å². The highest BCUT2D eigenvalue weighted by atomic mass is 19.1. The van der Waals surface area contributed by atoms with Crippen LogP contribution in [0, 0.1) is 5.82 Å². The standard InChI is InChI=1S/C12H18FNO.C8H8O2.H3N/c1-3-4-7-15-12-6-5-10(13)8-11(12)9(2)14;9-7-10-6-8-4-2-1-3-5-8;/h5-6,8-9H,3-4,7,14H2,1-2H3;1-5,7H,6H2;1H3/t9-;;/m1../s1. The molecule has 5 nitrogen and oxygen atoms in total. The van der Waals surface area contributed by atoms with Gasteiger partial charge >= 0.3 is 0 Å². The van der Waals surface area contributed by atoms with Crippen molar-refractivity contribution in [1.82, 2.24) is 6.15 Å². The van der Waals surface area contributed by atoms with Crippen molar-refractivity contribution in [3.63, 3.8) is 0 Å². The second-order valence-corrected chi connectivity index (χ2v) is 5.57. The molecule has 0 aliphatic heterocycles. The zero-order valence-corrected chi connectivity index (χ0v) is 15.5. The molecule has 0 heterocycles. The Hall–Kier alpha value is -2.44. The number of halogens is 1. The molecule has 0 bridgehead atoms. The van der Waals surface area contributed by atoms with Crippen molar-refractivity contribution >= 4 is 6.47 Å². The van der Waals surface area contributed by atoms with Crippen LogP contribution in [-0.4, -0.2) is 13.1 Å². The van der Waals surface area contributed by atoms with E-state index >= 15 is 0 Å². The predicted octanol–water partition coefficient (Wildman–Crippen LogP) is 4.55. The molecule has 0 aromatic heterocycles. The zero-order valence-electron chi connectivity index (χ0n) is 15.5. The molecule has 5 N–H and O–H groups in total. The van der Waals surface area contributed by atoms with Crippen molar-refractivity contribution in [2.75, 3.05) is 6.61 Å². The third-order valence-corrected chi connectivity index (χ3v) is 3.38. The smallest absolute Gasteiger partial charge is 0.293 e. The molecule has 0 aliphatic rings. The summed E-state index contributed by atoms with van der Waals surface area (Å²) in [4.78, 5) is 9.76. The second-order valence-electron chi connectivity index (χ2n) is 5.57. The summed E-state index contributed by atoms with van der Waals surface area (Å²) in [5.74, 6) is 0.421. The lowest BCUT2D eigenvalue weighted by Crippen LogP contribution is -2.09. The molecule has 0 aliphatic carbocycles. The Labute approximate surface area is 154 Å². The minimum absolute atomic E-state index is 0. The van der Waals surface area contributed by atoms with Crippen LogP contribution in [-0.2, 0) is 16.1 Å². The number of benzene rings is 2. The maximum Gasteiger partial charge on any atom is 0.293 e. The molecule has 144 valence electrons. The molecule has 2 rings (SSSR count). The molecule has 6 heteroatoms. The summed E-state index contributed by atoms with van der Waals surface area (Å²) in [5, 5.41) is 0. The largest absolute Gasteiger partial charge is 0.493 e. The molecular formula is C20H29FN2O3. The number of unbranched alkanes of at least 4 members (excludes halogenated alkanes) is 1. The molecule has 1 atom stereocenters. The Kier molecular flexibility index (Phi) is 12.5. The van der Waals surface area contributed by atoms with Gasteiger partial charge in [-0.05, 0) is 37.1 Å². The molecule has 2 aromatic carbocycles. The number of carbonyl (C=O) groups is 1. The Balaban J connectivity index is 0.000000497. The fourth-order valence-corrected chi connectivity index (χ4v) is 2.04. The van der Waals surface area contributed by atoms with E-state index < -0.39 is 0 Å². The predicted molar refractivity (Wildman–Crippen MR) is 102 cm³/mol. The highest BCUT2D eigenvalue weighted by Crippen LogP contribution is 2.24. The third-order valence-electron chi connectivity index (χ3n) is 3.38. The van der Waals surface area contributed by atoms with E-state index in [1.807, 2.05) is 37.3 Å². The molecule has 0 radical (unpaired) electrons. The highest BCUT2D eigenvalue weighted by molar-refractivity contribution is 5.37. The van der Waals surface area contributed by atoms with E-state index in [4.69, 9.17) is 10.5 Å². The molecule has 26 heavy (non-hydrogen) atoms. The summed E-state index contributed by atoms with van der Waals surface area (Å²) in [7, 11) is 0. The fourth-order valence-electron chi connectivity index (χ4n) is 2.04. The van der Waals surface area contributed by atoms with Gasteiger partial charge in [-0.25, -0.2) is 4.39 Å². The van der Waals surface area contributed by atoms with Crippen LogP contribution in [0.15, 0.2) is 48.5 Å². The van der Waals surface area contributed by atoms with Gasteiger partial charge in [-0.2, -0.15) is 0 Å². The lowest BCUT2D eigenvalue weighted by Gasteiger charge is -2.13. The molecular weight excluding hydrogens is 335 g/mol. The number of hydrogen-bond acceptors (Lipinski definition) is 5. The first-order valence-electron chi connectivity index (χ1n) is 8.35. The number of hydrogen-bond donors (Lipinski definition) is 2. The fraction of sp³-hybridized carbons (Fsp3) is 0.350. The SMILES string of the molecule is CCCCOc1ccc(F)cc1[C@@H](C)N.N.O=COCc1ccccc1. The van der Waals surface area contributed by atoms with Crippen LogP contribution >= 0.6 is 0 Å². The van der Waals surface area contributed by atoms with Crippen LogP contribution in [0.25, 0.3) is 0 Å². The van der Waals surface area contributed by atoms with Crippen LogP contribution < -0.4 is 16.6 Å². The molecule has 0 unspecified atom stereocenters. The topological polar surface area (TPSA) is 96.5 Å². The Bertz CT molecular complexity index is 622. The zero-order chi connectivity index (χ0) is 18.5. The lowest BCUT2D eigenvalue weighted by molar-refractivity contribution is -0.129. The number of ether oxygens (including phenoxy) is 2. The minimum Gasteiger partial charge on any atom is -0.493 e. The Morgan fingerprint density at radius 2 is 1.88 bits per heavy atom. The van der Waals surface area contributed by atoms with Crippen LogP contribution in [0.5, 0.6) is 5.75 Å². The van der Waals surface area contributed by atoms with E-state index in [0.717, 1.165) is 24.0 Å². The minimum atomic E-state index is -0.273. The van der Waals surface area contributed by atoms with Gasteiger partial charge in [0.15, 0.2) is 0 Å². The van der Waals surface area contributed by atoms with Crippen molar-refractivity contribution in [3.05, 3.63) is 65.5 Å². The summed E-state index contributed by atoms with van der Waals surface area (Å²) >= 11 is 0. The van der Waals surface area contributed by atoms with Gasteiger partial charge in [-0.3, -0.25) is 4.79 Å². The van der Waals surface area contributed by atoms with Gasteiger partial charge in [0.2, 0.25) is 0 Å². The van der Waals surface area contributed by atoms with Crippen molar-refractivity contribution < 1.29 is 18.7 Å². The van der Waals surface area contributed by atoms with Crippen LogP contribution in [0.2, 0.25) is 0 Å². The number of carbonyl (C=O) groups excluding carboxylic acids is 1. The van der Waals surface area contributed by atoms with Gasteiger partial charge in [0.25, 0.3) is 6.47 Å². The van der Waals surface area contributed by atoms with Gasteiger partial charge in [-0.1, -0.05) is 43.7 Å². The first-order valence-corrected chi connectivity index (χ1v) is 8.35. The Morgan fingerprint density at radius 1 is 1.19 bits per heavy atom. The summed E-state index contributed by atoms with van der Waals surface area (Å²) in [5.41, 5.74) is 7.48. The average molecular weight is 364 g/mol. The summed E-state index contributed by atoms with van der Waals surface area (Å²) in [6, 6.07) is 13.8. The number of nitrogens with two attached hydrogens (primary N) is 1. The lowest BCUT2D eigenvalue weighted by atomic mass is 10.1. The van der Waals surface area contributed by atoms with Gasteiger partial charge in [0.05, 0.1) is 6.61 Å². The molecule has 0 saturated carbocycles. The monoisotopic (exact) mass is 364 g/mol. The van der Waals surface area contributed by atoms with Gasteiger partial charge in [0, 0.05) is 11.6 Å². The second kappa shape index (κ2) is 13.8. The summed E-state index contributed by atoms with van der Waals surface area (Å²) < 4.78 is 23.1. The summed E-state index contributed by atoms with van der Waals surface area (Å²) in [6.07, 6.45) is 2.07. The Morgan fingerprint density at radius 3 is 2.46 bits per heavy atom. The molecule has 2 aromatic rings. The van der Waals surface area contributed by atoms with Gasteiger partial charge in [-0.15, -0.1) is 0 Å². The van der Waals surface area contributed by atoms with Crippen molar-refractivity contribution in [2.24, 2.45) is 5.73 Å². The van der Waals surface area contributed by atoms with Crippen molar-refractivity contribution in [2.45, 2.75) is 39.3 Å². The normalized spacial score (nSPS) is 10.6. The van der Waals surface area contributed by atoms with E-state index in [1.165, 1.54) is 12.1 Å². The highest BCUT2D eigenvalue weighted by Gasteiger charge is 2.09. The van der Waals surface area contributed by atoms with Gasteiger partial charge < -0.3 is 21.4 Å². The van der Waals surface area contributed by atoms with Crippen LogP contribution in [0.3, 0.4) is 0 Å². The quantitative estimate of drug-likeness (QED) is 0.529. The third kappa shape index (κ3) is 9.15. The molecule has 0 saturated heterocycles. The van der Waals surface area contributed by atoms with Crippen LogP contribution in [0.4, 0.5) is 4.39 Å². The average Bonchev–Trinajstić information content (AvgIpc) is 2.62. The van der Waals surface area contributed by atoms with Gasteiger partial charge in [0.1, 0.15) is 18.2 Å². The molecule has 0 amide bonds. The van der Waals surface area contributed by atoms with Crippen molar-refractivity contribution in [3.8, 4) is 5.75 Å². The maximum absolute atomic E-state index is 13.0. The van der Waals surface area contributed by atoms with Crippen molar-refractivity contribution in [1.29, 1.82) is 0 Å². The van der Waals surface area contributed by atoms with E-state index in [2.05, 4.69) is 11.7 Å². The maximum atomic E-state index is 13.0. The van der Waals surface area contributed by atoms with E-state index in [0.29, 0.717) is 25.4 Å². The first kappa shape index (κ1) is 23.6. The molecule has 0 fully saturated rings. The molecule has 0 spiro atoms. The summed E-state index contributed by atoms with van der Waals surface area (Å²) in [6.45, 7) is 5.39. The van der Waals surface area contributed by atoms with Crippen LogP contribution in [0.1, 0.15) is 43.9 Å².